The van der Waals surface area contributed by atoms with E-state index in [1.165, 1.54) is 0 Å². The van der Waals surface area contributed by atoms with E-state index >= 15 is 0 Å². The van der Waals surface area contributed by atoms with Gasteiger partial charge in [0.15, 0.2) is 0 Å². The molecule has 1 aromatic carbocycles. The Hall–Kier alpha value is -1.55. The predicted molar refractivity (Wildman–Crippen MR) is 67.6 cm³/mol. The molecular formula is C12H19N3O. The van der Waals surface area contributed by atoms with Crippen LogP contribution in [0.15, 0.2) is 29.4 Å². The zero-order valence-electron chi connectivity index (χ0n) is 9.89. The van der Waals surface area contributed by atoms with Gasteiger partial charge in [-0.15, -0.1) is 0 Å². The fourth-order valence-electron chi connectivity index (χ4n) is 1.24. The van der Waals surface area contributed by atoms with E-state index in [9.17, 15) is 0 Å². The first-order valence-electron chi connectivity index (χ1n) is 5.34. The molecule has 1 aromatic rings. The molecule has 0 fully saturated rings. The Kier molecular flexibility index (Phi) is 5.36. The lowest BCUT2D eigenvalue weighted by Crippen LogP contribution is -2.14. The summed E-state index contributed by atoms with van der Waals surface area (Å²) in [5.41, 5.74) is 7.32. The zero-order valence-corrected chi connectivity index (χ0v) is 9.89. The summed E-state index contributed by atoms with van der Waals surface area (Å²) in [5.74, 6) is 0. The van der Waals surface area contributed by atoms with Crippen LogP contribution in [0.4, 0.5) is 5.69 Å². The smallest absolute Gasteiger partial charge is 0.118 e. The molecule has 0 aliphatic heterocycles. The maximum absolute atomic E-state index is 5.64. The Balaban J connectivity index is 2.22. The van der Waals surface area contributed by atoms with Crippen molar-refractivity contribution in [3.8, 4) is 0 Å². The number of hydrogen-bond donors (Lipinski definition) is 1. The van der Waals surface area contributed by atoms with Crippen molar-refractivity contribution in [2.75, 3.05) is 33.0 Å². The van der Waals surface area contributed by atoms with Crippen molar-refractivity contribution in [1.82, 2.24) is 4.90 Å². The molecule has 88 valence electrons. The molecule has 0 radical (unpaired) electrons. The number of hydrogen-bond acceptors (Lipinski definition) is 4. The summed E-state index contributed by atoms with van der Waals surface area (Å²) in [6, 6.07) is 7.52. The van der Waals surface area contributed by atoms with Crippen LogP contribution in [0.3, 0.4) is 0 Å². The summed E-state index contributed by atoms with van der Waals surface area (Å²) in [6.45, 7) is 1.64. The second kappa shape index (κ2) is 6.85. The predicted octanol–water partition coefficient (Wildman–Crippen LogP) is 1.57. The Morgan fingerprint density at radius 3 is 2.94 bits per heavy atom. The van der Waals surface area contributed by atoms with E-state index in [-0.39, 0.29) is 0 Å². The van der Waals surface area contributed by atoms with Gasteiger partial charge in [-0.25, -0.2) is 0 Å². The third kappa shape index (κ3) is 5.36. The van der Waals surface area contributed by atoms with Gasteiger partial charge in [0.05, 0.1) is 6.21 Å². The molecule has 0 saturated carbocycles. The van der Waals surface area contributed by atoms with Crippen molar-refractivity contribution in [1.29, 1.82) is 0 Å². The highest BCUT2D eigenvalue weighted by Gasteiger charge is 1.91. The van der Waals surface area contributed by atoms with Gasteiger partial charge in [-0.05, 0) is 38.2 Å². The topological polar surface area (TPSA) is 50.8 Å². The van der Waals surface area contributed by atoms with E-state index in [0.717, 1.165) is 24.2 Å². The Labute approximate surface area is 96.7 Å². The van der Waals surface area contributed by atoms with Crippen LogP contribution in [0, 0.1) is 0 Å². The monoisotopic (exact) mass is 221 g/mol. The molecule has 2 N–H and O–H groups in total. The average Bonchev–Trinajstić information content (AvgIpc) is 2.23. The number of benzene rings is 1. The van der Waals surface area contributed by atoms with E-state index in [2.05, 4.69) is 10.1 Å². The lowest BCUT2D eigenvalue weighted by molar-refractivity contribution is 0.136. The Morgan fingerprint density at radius 1 is 1.44 bits per heavy atom. The standard InChI is InChI=1S/C12H19N3O/c1-15(2)7-4-8-16-14-10-11-5-3-6-12(13)9-11/h3,5-6,9-10H,4,7-8,13H2,1-2H3. The summed E-state index contributed by atoms with van der Waals surface area (Å²) in [5, 5.41) is 3.88. The van der Waals surface area contributed by atoms with Crippen LogP contribution >= 0.6 is 0 Å². The molecule has 0 aromatic heterocycles. The highest BCUT2D eigenvalue weighted by Crippen LogP contribution is 2.03. The van der Waals surface area contributed by atoms with Crippen molar-refractivity contribution in [3.63, 3.8) is 0 Å². The van der Waals surface area contributed by atoms with E-state index < -0.39 is 0 Å². The van der Waals surface area contributed by atoms with Gasteiger partial charge in [-0.2, -0.15) is 0 Å². The second-order valence-corrected chi connectivity index (χ2v) is 3.89. The number of anilines is 1. The van der Waals surface area contributed by atoms with Crippen LogP contribution in [0.1, 0.15) is 12.0 Å². The first kappa shape index (κ1) is 12.5. The number of nitrogens with zero attached hydrogens (tertiary/aromatic N) is 2. The molecule has 4 nitrogen and oxygen atoms in total. The van der Waals surface area contributed by atoms with Gasteiger partial charge >= 0.3 is 0 Å². The van der Waals surface area contributed by atoms with Crippen LogP contribution in [0.5, 0.6) is 0 Å². The third-order valence-electron chi connectivity index (χ3n) is 2.03. The molecule has 0 unspecified atom stereocenters. The quantitative estimate of drug-likeness (QED) is 0.343. The van der Waals surface area contributed by atoms with E-state index in [1.807, 2.05) is 38.4 Å². The molecule has 0 amide bonds. The van der Waals surface area contributed by atoms with Crippen molar-refractivity contribution in [2.24, 2.45) is 5.16 Å². The zero-order chi connectivity index (χ0) is 11.8. The Morgan fingerprint density at radius 2 is 2.25 bits per heavy atom. The minimum atomic E-state index is 0.636. The first-order chi connectivity index (χ1) is 7.68. The summed E-state index contributed by atoms with van der Waals surface area (Å²) < 4.78 is 0. The number of nitrogens with two attached hydrogens (primary N) is 1. The molecule has 0 bridgehead atoms. The summed E-state index contributed by atoms with van der Waals surface area (Å²) >= 11 is 0. The van der Waals surface area contributed by atoms with Gasteiger partial charge in [0.2, 0.25) is 0 Å². The van der Waals surface area contributed by atoms with Crippen LogP contribution in [0.25, 0.3) is 0 Å². The maximum Gasteiger partial charge on any atom is 0.118 e. The molecule has 0 heterocycles. The highest BCUT2D eigenvalue weighted by atomic mass is 16.6. The van der Waals surface area contributed by atoms with Gasteiger partial charge < -0.3 is 15.5 Å². The summed E-state index contributed by atoms with van der Waals surface area (Å²) in [6.07, 6.45) is 2.65. The van der Waals surface area contributed by atoms with Crippen molar-refractivity contribution < 1.29 is 4.84 Å². The SMILES string of the molecule is CN(C)CCCON=Cc1cccc(N)c1. The summed E-state index contributed by atoms with van der Waals surface area (Å²) in [7, 11) is 4.08. The first-order valence-corrected chi connectivity index (χ1v) is 5.34. The molecule has 1 rings (SSSR count). The molecule has 0 aliphatic carbocycles. The van der Waals surface area contributed by atoms with Gasteiger partial charge in [0.1, 0.15) is 6.61 Å². The summed E-state index contributed by atoms with van der Waals surface area (Å²) in [4.78, 5) is 7.25. The van der Waals surface area contributed by atoms with Crippen LogP contribution in [-0.2, 0) is 4.84 Å². The maximum atomic E-state index is 5.64. The molecule has 0 spiro atoms. The van der Waals surface area contributed by atoms with Gasteiger partial charge in [-0.1, -0.05) is 17.3 Å². The lowest BCUT2D eigenvalue weighted by Gasteiger charge is -2.07. The number of nitrogen functional groups attached to an aromatic ring is 1. The Bertz CT molecular complexity index is 337. The molecule has 0 saturated heterocycles. The molecular weight excluding hydrogens is 202 g/mol. The molecule has 0 atom stereocenters. The van der Waals surface area contributed by atoms with E-state index in [0.29, 0.717) is 6.61 Å². The fraction of sp³-hybridized carbons (Fsp3) is 0.417. The van der Waals surface area contributed by atoms with Crippen LogP contribution < -0.4 is 5.73 Å². The fourth-order valence-corrected chi connectivity index (χ4v) is 1.24. The van der Waals surface area contributed by atoms with Crippen LogP contribution in [0.2, 0.25) is 0 Å². The third-order valence-corrected chi connectivity index (χ3v) is 2.03. The van der Waals surface area contributed by atoms with Crippen molar-refractivity contribution in [3.05, 3.63) is 29.8 Å². The number of rotatable bonds is 6. The molecule has 0 aliphatic rings. The van der Waals surface area contributed by atoms with Crippen molar-refractivity contribution in [2.45, 2.75) is 6.42 Å². The normalized spacial score (nSPS) is 11.2. The van der Waals surface area contributed by atoms with Gasteiger partial charge in [0, 0.05) is 12.2 Å². The van der Waals surface area contributed by atoms with E-state index in [1.54, 1.807) is 6.21 Å². The van der Waals surface area contributed by atoms with Crippen molar-refractivity contribution >= 4 is 11.9 Å². The average molecular weight is 221 g/mol. The minimum absolute atomic E-state index is 0.636. The molecule has 16 heavy (non-hydrogen) atoms. The lowest BCUT2D eigenvalue weighted by atomic mass is 10.2. The molecule has 4 heteroatoms. The minimum Gasteiger partial charge on any atom is -0.399 e. The largest absolute Gasteiger partial charge is 0.399 e. The highest BCUT2D eigenvalue weighted by molar-refractivity contribution is 5.80. The van der Waals surface area contributed by atoms with Crippen LogP contribution in [-0.4, -0.2) is 38.4 Å². The number of oxime groups is 1. The van der Waals surface area contributed by atoms with Gasteiger partial charge in [-0.3, -0.25) is 0 Å². The second-order valence-electron chi connectivity index (χ2n) is 3.89. The van der Waals surface area contributed by atoms with E-state index in [4.69, 9.17) is 10.6 Å². The van der Waals surface area contributed by atoms with Gasteiger partial charge in [0.25, 0.3) is 0 Å².